The lowest BCUT2D eigenvalue weighted by Gasteiger charge is -2.38. The molecule has 8 nitrogen and oxygen atoms in total. The summed E-state index contributed by atoms with van der Waals surface area (Å²) in [5.74, 6) is 1.17. The molecule has 1 aromatic heterocycles. The maximum Gasteiger partial charge on any atom is 0.253 e. The van der Waals surface area contributed by atoms with Gasteiger partial charge >= 0.3 is 0 Å². The molecule has 3 heterocycles. The van der Waals surface area contributed by atoms with Gasteiger partial charge in [0.1, 0.15) is 5.75 Å². The molecule has 2 amide bonds. The molecular formula is C30H39N5O3. The van der Waals surface area contributed by atoms with Gasteiger partial charge < -0.3 is 19.5 Å². The van der Waals surface area contributed by atoms with Crippen LogP contribution in [-0.2, 0) is 11.2 Å². The molecule has 5 rings (SSSR count). The van der Waals surface area contributed by atoms with Crippen LogP contribution >= 0.6 is 0 Å². The summed E-state index contributed by atoms with van der Waals surface area (Å²) in [4.78, 5) is 37.6. The fraction of sp³-hybridized carbons (Fsp3) is 0.467. The molecule has 0 aliphatic carbocycles. The number of rotatable bonds is 8. The average Bonchev–Trinajstić information content (AvgIpc) is 3.36. The van der Waals surface area contributed by atoms with Gasteiger partial charge in [-0.05, 0) is 62.2 Å². The van der Waals surface area contributed by atoms with Crippen LogP contribution in [0.25, 0.3) is 10.9 Å². The third kappa shape index (κ3) is 6.19. The molecule has 202 valence electrons. The largest absolute Gasteiger partial charge is 0.497 e. The number of hydrogen-bond donors (Lipinski definition) is 1. The number of aryl methyl sites for hydroxylation is 2. The fourth-order valence-electron chi connectivity index (χ4n) is 5.48. The van der Waals surface area contributed by atoms with Crippen molar-refractivity contribution in [2.45, 2.75) is 19.8 Å². The van der Waals surface area contributed by atoms with Gasteiger partial charge in [-0.1, -0.05) is 17.7 Å². The molecule has 3 aromatic rings. The van der Waals surface area contributed by atoms with Crippen molar-refractivity contribution in [2.75, 3.05) is 72.6 Å². The molecule has 2 saturated heterocycles. The predicted molar refractivity (Wildman–Crippen MR) is 150 cm³/mol. The second-order valence-corrected chi connectivity index (χ2v) is 10.5. The molecular weight excluding hydrogens is 478 g/mol. The van der Waals surface area contributed by atoms with E-state index in [9.17, 15) is 9.59 Å². The molecule has 2 aliphatic heterocycles. The fourth-order valence-corrected chi connectivity index (χ4v) is 5.48. The predicted octanol–water partition coefficient (Wildman–Crippen LogP) is 3.02. The normalized spacial score (nSPS) is 17.2. The van der Waals surface area contributed by atoms with Crippen molar-refractivity contribution in [1.29, 1.82) is 0 Å². The molecule has 0 saturated carbocycles. The number of fused-ring (bicyclic) bond motifs is 1. The van der Waals surface area contributed by atoms with Crippen molar-refractivity contribution in [1.82, 2.24) is 24.6 Å². The molecule has 0 radical (unpaired) electrons. The number of benzene rings is 2. The third-order valence-electron chi connectivity index (χ3n) is 7.94. The number of aromatic nitrogens is 1. The van der Waals surface area contributed by atoms with Crippen LogP contribution in [0.15, 0.2) is 48.7 Å². The summed E-state index contributed by atoms with van der Waals surface area (Å²) < 4.78 is 5.38. The van der Waals surface area contributed by atoms with E-state index in [1.807, 2.05) is 47.1 Å². The Morgan fingerprint density at radius 1 is 0.868 bits per heavy atom. The Labute approximate surface area is 225 Å². The van der Waals surface area contributed by atoms with Crippen LogP contribution in [0, 0.1) is 6.92 Å². The average molecular weight is 518 g/mol. The van der Waals surface area contributed by atoms with Gasteiger partial charge in [0.2, 0.25) is 5.91 Å². The van der Waals surface area contributed by atoms with E-state index in [1.54, 1.807) is 7.11 Å². The minimum atomic E-state index is 0.0801. The highest BCUT2D eigenvalue weighted by atomic mass is 16.5. The van der Waals surface area contributed by atoms with Crippen LogP contribution in [0.1, 0.15) is 27.9 Å². The van der Waals surface area contributed by atoms with Crippen molar-refractivity contribution < 1.29 is 14.3 Å². The Morgan fingerprint density at radius 2 is 1.55 bits per heavy atom. The van der Waals surface area contributed by atoms with Gasteiger partial charge in [0, 0.05) is 75.0 Å². The van der Waals surface area contributed by atoms with Gasteiger partial charge in [0.25, 0.3) is 5.91 Å². The first-order valence-corrected chi connectivity index (χ1v) is 13.7. The SMILES string of the molecule is COc1ccc2[nH]cc(CCCN3CCN(C(=O)CN4CCN(C(=O)c5ccc(C)cc5)CC4)CC3)c2c1. The first-order chi connectivity index (χ1) is 18.5. The molecule has 2 aliphatic rings. The molecule has 2 aromatic carbocycles. The zero-order chi connectivity index (χ0) is 26.5. The third-order valence-corrected chi connectivity index (χ3v) is 7.94. The number of H-pyrrole nitrogens is 1. The smallest absolute Gasteiger partial charge is 0.253 e. The standard InChI is InChI=1S/C30H39N5O3/c1-23-5-7-24(8-6-23)30(37)35-18-14-33(15-19-35)22-29(36)34-16-12-32(13-17-34)11-3-4-25-21-31-28-10-9-26(38-2)20-27(25)28/h5-10,20-21,31H,3-4,11-19,22H2,1-2H3. The Hall–Kier alpha value is -3.36. The second kappa shape index (κ2) is 12.0. The molecule has 0 bridgehead atoms. The lowest BCUT2D eigenvalue weighted by atomic mass is 10.1. The van der Waals surface area contributed by atoms with Crippen LogP contribution in [0.3, 0.4) is 0 Å². The zero-order valence-electron chi connectivity index (χ0n) is 22.6. The van der Waals surface area contributed by atoms with Crippen LogP contribution in [0.4, 0.5) is 0 Å². The van der Waals surface area contributed by atoms with Crippen LogP contribution < -0.4 is 4.74 Å². The minimum Gasteiger partial charge on any atom is -0.497 e. The molecule has 0 spiro atoms. The van der Waals surface area contributed by atoms with E-state index in [-0.39, 0.29) is 11.8 Å². The Morgan fingerprint density at radius 3 is 2.26 bits per heavy atom. The Balaban J connectivity index is 1.01. The molecule has 0 unspecified atom stereocenters. The molecule has 38 heavy (non-hydrogen) atoms. The van der Waals surface area contributed by atoms with Gasteiger partial charge in [0.05, 0.1) is 13.7 Å². The van der Waals surface area contributed by atoms with Gasteiger partial charge in [-0.25, -0.2) is 0 Å². The van der Waals surface area contributed by atoms with Crippen molar-refractivity contribution in [2.24, 2.45) is 0 Å². The number of amides is 2. The van der Waals surface area contributed by atoms with E-state index in [1.165, 1.54) is 10.9 Å². The van der Waals surface area contributed by atoms with E-state index in [2.05, 4.69) is 33.1 Å². The van der Waals surface area contributed by atoms with Crippen LogP contribution in [-0.4, -0.2) is 109 Å². The highest BCUT2D eigenvalue weighted by Gasteiger charge is 2.26. The molecule has 0 atom stereocenters. The van der Waals surface area contributed by atoms with Crippen LogP contribution in [0.2, 0.25) is 0 Å². The maximum atomic E-state index is 13.0. The summed E-state index contributed by atoms with van der Waals surface area (Å²) in [5, 5.41) is 1.24. The number of nitrogens with zero attached hydrogens (tertiary/aromatic N) is 4. The van der Waals surface area contributed by atoms with Crippen molar-refractivity contribution in [3.63, 3.8) is 0 Å². The van der Waals surface area contributed by atoms with Gasteiger partial charge in [-0.3, -0.25) is 19.4 Å². The number of ether oxygens (including phenoxy) is 1. The number of carbonyl (C=O) groups is 2. The number of piperazine rings is 2. The molecule has 2 fully saturated rings. The number of aromatic amines is 1. The van der Waals surface area contributed by atoms with E-state index in [0.29, 0.717) is 19.6 Å². The van der Waals surface area contributed by atoms with Gasteiger partial charge in [-0.15, -0.1) is 0 Å². The number of hydrogen-bond acceptors (Lipinski definition) is 5. The minimum absolute atomic E-state index is 0.0801. The first kappa shape index (κ1) is 26.3. The van der Waals surface area contributed by atoms with Crippen LogP contribution in [0.5, 0.6) is 5.75 Å². The Kier molecular flexibility index (Phi) is 8.29. The summed E-state index contributed by atoms with van der Waals surface area (Å²) in [5.41, 5.74) is 4.36. The summed E-state index contributed by atoms with van der Waals surface area (Å²) in [6, 6.07) is 13.9. The van der Waals surface area contributed by atoms with E-state index in [4.69, 9.17) is 4.74 Å². The lowest BCUT2D eigenvalue weighted by Crippen LogP contribution is -2.54. The zero-order valence-corrected chi connectivity index (χ0v) is 22.6. The quantitative estimate of drug-likeness (QED) is 0.498. The number of carbonyl (C=O) groups excluding carboxylic acids is 2. The monoisotopic (exact) mass is 517 g/mol. The number of methoxy groups -OCH3 is 1. The van der Waals surface area contributed by atoms with E-state index < -0.39 is 0 Å². The van der Waals surface area contributed by atoms with Gasteiger partial charge in [-0.2, -0.15) is 0 Å². The summed E-state index contributed by atoms with van der Waals surface area (Å²) in [6.07, 6.45) is 4.22. The van der Waals surface area contributed by atoms with Crippen molar-refractivity contribution in [3.8, 4) is 5.75 Å². The molecule has 1 N–H and O–H groups in total. The van der Waals surface area contributed by atoms with Gasteiger partial charge in [0.15, 0.2) is 0 Å². The first-order valence-electron chi connectivity index (χ1n) is 13.7. The Bertz CT molecular complexity index is 1240. The summed E-state index contributed by atoms with van der Waals surface area (Å²) in [6.45, 7) is 9.73. The lowest BCUT2D eigenvalue weighted by molar-refractivity contribution is -0.134. The van der Waals surface area contributed by atoms with E-state index >= 15 is 0 Å². The van der Waals surface area contributed by atoms with E-state index in [0.717, 1.165) is 81.0 Å². The van der Waals surface area contributed by atoms with Crippen molar-refractivity contribution in [3.05, 3.63) is 65.4 Å². The highest BCUT2D eigenvalue weighted by molar-refractivity contribution is 5.94. The summed E-state index contributed by atoms with van der Waals surface area (Å²) in [7, 11) is 1.70. The topological polar surface area (TPSA) is 72.1 Å². The second-order valence-electron chi connectivity index (χ2n) is 10.5. The van der Waals surface area contributed by atoms with Crippen molar-refractivity contribution >= 4 is 22.7 Å². The molecule has 8 heteroatoms. The number of nitrogens with one attached hydrogen (secondary N) is 1. The highest BCUT2D eigenvalue weighted by Crippen LogP contribution is 2.24. The maximum absolute atomic E-state index is 13.0. The summed E-state index contributed by atoms with van der Waals surface area (Å²) >= 11 is 0.